The third-order valence-electron chi connectivity index (χ3n) is 6.62. The van der Waals surface area contributed by atoms with Gasteiger partial charge in [-0.3, -0.25) is 9.59 Å². The van der Waals surface area contributed by atoms with E-state index in [1.807, 2.05) is 83.1 Å². The van der Waals surface area contributed by atoms with E-state index in [0.717, 1.165) is 25.7 Å². The number of ether oxygens (including phenoxy) is 2. The summed E-state index contributed by atoms with van der Waals surface area (Å²) < 4.78 is 10.5. The molecule has 2 atom stereocenters. The van der Waals surface area contributed by atoms with Crippen LogP contribution in [-0.4, -0.2) is 47.0 Å². The third kappa shape index (κ3) is 12.6. The van der Waals surface area contributed by atoms with Crippen molar-refractivity contribution in [3.63, 3.8) is 0 Å². The van der Waals surface area contributed by atoms with Gasteiger partial charge in [0.1, 0.15) is 11.2 Å². The molecular weight excluding hydrogens is 484 g/mol. The van der Waals surface area contributed by atoms with Crippen LogP contribution in [0.5, 0.6) is 0 Å². The van der Waals surface area contributed by atoms with Gasteiger partial charge in [-0.25, -0.2) is 9.59 Å². The van der Waals surface area contributed by atoms with Gasteiger partial charge in [-0.15, -0.1) is 0 Å². The van der Waals surface area contributed by atoms with Crippen molar-refractivity contribution in [2.24, 2.45) is 22.7 Å². The fourth-order valence-corrected chi connectivity index (χ4v) is 4.01. The van der Waals surface area contributed by atoms with Gasteiger partial charge in [-0.05, 0) is 91.9 Å². The van der Waals surface area contributed by atoms with Gasteiger partial charge in [0.15, 0.2) is 11.6 Å². The second kappa shape index (κ2) is 12.8. The summed E-state index contributed by atoms with van der Waals surface area (Å²) in [6.07, 6.45) is 4.02. The van der Waals surface area contributed by atoms with E-state index < -0.39 is 35.5 Å². The van der Waals surface area contributed by atoms with Crippen LogP contribution in [0.15, 0.2) is 0 Å². The highest BCUT2D eigenvalue weighted by atomic mass is 16.6. The Kier molecular flexibility index (Phi) is 11.4. The second-order valence-corrected chi connectivity index (χ2v) is 14.5. The average Bonchev–Trinajstić information content (AvgIpc) is 3.62. The van der Waals surface area contributed by atoms with E-state index in [4.69, 9.17) is 9.47 Å². The second-order valence-electron chi connectivity index (χ2n) is 14.5. The molecule has 2 N–H and O–H groups in total. The Bertz CT molecular complexity index is 772. The first-order valence-corrected chi connectivity index (χ1v) is 14.1. The Morgan fingerprint density at radius 2 is 0.895 bits per heavy atom. The lowest BCUT2D eigenvalue weighted by atomic mass is 9.91. The minimum absolute atomic E-state index is 0.145. The normalized spacial score (nSPS) is 18.9. The maximum absolute atomic E-state index is 12.4. The number of Topliss-reactive ketones (excluding diaryl/α,β-unsaturated/α-hetero) is 2. The molecule has 2 amide bonds. The zero-order valence-corrected chi connectivity index (χ0v) is 26.0. The van der Waals surface area contributed by atoms with Crippen LogP contribution >= 0.6 is 0 Å². The Balaban J connectivity index is 0.000000380. The molecule has 8 nitrogen and oxygen atoms in total. The smallest absolute Gasteiger partial charge is 0.408 e. The van der Waals surface area contributed by atoms with Gasteiger partial charge in [-0.1, -0.05) is 41.5 Å². The van der Waals surface area contributed by atoms with Gasteiger partial charge in [0.25, 0.3) is 0 Å². The number of ketones is 2. The molecule has 0 aromatic rings. The van der Waals surface area contributed by atoms with E-state index >= 15 is 0 Å². The van der Waals surface area contributed by atoms with Crippen LogP contribution in [0.25, 0.3) is 0 Å². The van der Waals surface area contributed by atoms with E-state index in [2.05, 4.69) is 10.6 Å². The van der Waals surface area contributed by atoms with Crippen molar-refractivity contribution in [1.82, 2.24) is 10.6 Å². The number of hydrogen-bond acceptors (Lipinski definition) is 6. The van der Waals surface area contributed by atoms with Crippen LogP contribution in [0, 0.1) is 22.7 Å². The Morgan fingerprint density at radius 3 is 1.08 bits per heavy atom. The molecule has 2 aliphatic carbocycles. The molecule has 2 fully saturated rings. The van der Waals surface area contributed by atoms with Crippen LogP contribution in [-0.2, 0) is 19.1 Å². The molecule has 0 saturated heterocycles. The largest absolute Gasteiger partial charge is 0.444 e. The first-order valence-electron chi connectivity index (χ1n) is 14.1. The molecule has 0 bridgehead atoms. The van der Waals surface area contributed by atoms with Crippen LogP contribution < -0.4 is 10.6 Å². The number of amides is 2. The topological polar surface area (TPSA) is 111 Å². The number of hydrogen-bond donors (Lipinski definition) is 2. The zero-order chi connectivity index (χ0) is 29.7. The van der Waals surface area contributed by atoms with E-state index in [0.29, 0.717) is 24.7 Å². The van der Waals surface area contributed by atoms with Gasteiger partial charge >= 0.3 is 12.2 Å². The number of carbonyl (C=O) groups excluding carboxylic acids is 4. The molecule has 0 spiro atoms. The highest BCUT2D eigenvalue weighted by Gasteiger charge is 2.48. The molecule has 2 aliphatic rings. The molecule has 8 heteroatoms. The standard InChI is InChI=1S/2C15H27NO3/c2*1-10(2)9-11(12(17)15(6)7-8-15)16-13(18)19-14(3,4)5/h2*10-11H,7-9H2,1-6H3,(H,16,18)/t2*11-/m00/s1. The Morgan fingerprint density at radius 1 is 0.632 bits per heavy atom. The molecule has 2 saturated carbocycles. The monoisotopic (exact) mass is 538 g/mol. The number of carbonyl (C=O) groups is 4. The summed E-state index contributed by atoms with van der Waals surface area (Å²) in [7, 11) is 0. The molecule has 0 aromatic heterocycles. The van der Waals surface area contributed by atoms with Gasteiger partial charge in [0.05, 0.1) is 12.1 Å². The van der Waals surface area contributed by atoms with Crippen LogP contribution in [0.2, 0.25) is 0 Å². The Hall–Kier alpha value is -2.12. The molecule has 2 rings (SSSR count). The molecule has 0 heterocycles. The molecule has 0 aromatic carbocycles. The van der Waals surface area contributed by atoms with E-state index in [1.54, 1.807) is 0 Å². The first kappa shape index (κ1) is 33.9. The maximum atomic E-state index is 12.4. The van der Waals surface area contributed by atoms with Crippen molar-refractivity contribution in [3.05, 3.63) is 0 Å². The predicted molar refractivity (Wildman–Crippen MR) is 150 cm³/mol. The van der Waals surface area contributed by atoms with Crippen LogP contribution in [0.4, 0.5) is 9.59 Å². The van der Waals surface area contributed by atoms with Gasteiger partial charge < -0.3 is 20.1 Å². The molecule has 0 aliphatic heterocycles. The number of alkyl carbamates (subject to hydrolysis) is 2. The predicted octanol–water partition coefficient (Wildman–Crippen LogP) is 6.59. The summed E-state index contributed by atoms with van der Waals surface area (Å²) in [5, 5.41) is 5.48. The summed E-state index contributed by atoms with van der Waals surface area (Å²) in [4.78, 5) is 48.4. The van der Waals surface area contributed by atoms with Crippen LogP contribution in [0.1, 0.15) is 122 Å². The SMILES string of the molecule is CC(C)C[C@H](NC(=O)OC(C)(C)C)C(=O)C1(C)CC1.CC(C)C[C@H](NC(=O)OC(C)(C)C)C(=O)C1(C)CC1. The summed E-state index contributed by atoms with van der Waals surface area (Å²) in [5.41, 5.74) is -1.54. The van der Waals surface area contributed by atoms with Crippen molar-refractivity contribution in [2.75, 3.05) is 0 Å². The lowest BCUT2D eigenvalue weighted by molar-refractivity contribution is -0.126. The third-order valence-corrected chi connectivity index (χ3v) is 6.62. The van der Waals surface area contributed by atoms with Crippen LogP contribution in [0.3, 0.4) is 0 Å². The zero-order valence-electron chi connectivity index (χ0n) is 26.0. The average molecular weight is 539 g/mol. The van der Waals surface area contributed by atoms with Gasteiger partial charge in [0.2, 0.25) is 0 Å². The summed E-state index contributed by atoms with van der Waals surface area (Å²) in [5.74, 6) is 0.997. The van der Waals surface area contributed by atoms with E-state index in [9.17, 15) is 19.2 Å². The van der Waals surface area contributed by atoms with Crippen molar-refractivity contribution < 1.29 is 28.7 Å². The minimum Gasteiger partial charge on any atom is -0.444 e. The summed E-state index contributed by atoms with van der Waals surface area (Å²) in [6, 6.07) is -0.857. The van der Waals surface area contributed by atoms with Gasteiger partial charge in [0, 0.05) is 10.8 Å². The quantitative estimate of drug-likeness (QED) is 0.325. The molecular formula is C30H54N2O6. The summed E-state index contributed by atoms with van der Waals surface area (Å²) in [6.45, 7) is 23.0. The van der Waals surface area contributed by atoms with E-state index in [-0.39, 0.29) is 22.4 Å². The highest BCUT2D eigenvalue weighted by molar-refractivity contribution is 5.94. The summed E-state index contributed by atoms with van der Waals surface area (Å²) >= 11 is 0. The fourth-order valence-electron chi connectivity index (χ4n) is 4.01. The molecule has 0 unspecified atom stereocenters. The van der Waals surface area contributed by atoms with Crippen molar-refractivity contribution in [1.29, 1.82) is 0 Å². The van der Waals surface area contributed by atoms with Crippen molar-refractivity contribution >= 4 is 23.8 Å². The lowest BCUT2D eigenvalue weighted by Gasteiger charge is -2.25. The number of nitrogens with one attached hydrogen (secondary N) is 2. The van der Waals surface area contributed by atoms with Crippen molar-refractivity contribution in [3.8, 4) is 0 Å². The fraction of sp³-hybridized carbons (Fsp3) is 0.867. The van der Waals surface area contributed by atoms with Gasteiger partial charge in [-0.2, -0.15) is 0 Å². The molecule has 220 valence electrons. The first-order chi connectivity index (χ1) is 17.1. The molecule has 0 radical (unpaired) electrons. The van der Waals surface area contributed by atoms with E-state index in [1.165, 1.54) is 0 Å². The number of rotatable bonds is 10. The molecule has 38 heavy (non-hydrogen) atoms. The highest BCUT2D eigenvalue weighted by Crippen LogP contribution is 2.47. The minimum atomic E-state index is -0.543. The Labute approximate surface area is 230 Å². The lowest BCUT2D eigenvalue weighted by Crippen LogP contribution is -2.46. The maximum Gasteiger partial charge on any atom is 0.408 e. The van der Waals surface area contributed by atoms with Crippen molar-refractivity contribution in [2.45, 2.75) is 145 Å².